The van der Waals surface area contributed by atoms with E-state index in [1.807, 2.05) is 16.8 Å². The molecular formula is C13H13ClN2O2S. The summed E-state index contributed by atoms with van der Waals surface area (Å²) in [4.78, 5) is 15.8. The number of carbonyl (C=O) groups excluding carboxylic acids is 1. The van der Waals surface area contributed by atoms with Gasteiger partial charge in [0.2, 0.25) is 0 Å². The molecule has 0 bridgehead atoms. The zero-order chi connectivity index (χ0) is 13.9. The molecule has 19 heavy (non-hydrogen) atoms. The Morgan fingerprint density at radius 2 is 2.37 bits per heavy atom. The van der Waals surface area contributed by atoms with Crippen LogP contribution in [0.25, 0.3) is 0 Å². The van der Waals surface area contributed by atoms with Gasteiger partial charge in [-0.1, -0.05) is 11.6 Å². The first kappa shape index (κ1) is 14.0. The molecular weight excluding hydrogens is 284 g/mol. The lowest BCUT2D eigenvalue weighted by Gasteiger charge is -2.22. The van der Waals surface area contributed by atoms with E-state index in [1.165, 1.54) is 29.8 Å². The number of rotatable bonds is 4. The van der Waals surface area contributed by atoms with Crippen LogP contribution < -0.4 is 5.32 Å². The van der Waals surface area contributed by atoms with Crippen LogP contribution in [0.2, 0.25) is 5.02 Å². The molecule has 0 aliphatic rings. The van der Waals surface area contributed by atoms with Crippen molar-refractivity contribution < 1.29 is 9.90 Å². The quantitative estimate of drug-likeness (QED) is 0.911. The Hall–Kier alpha value is -1.43. The molecule has 2 aromatic rings. The molecule has 0 spiro atoms. The average molecular weight is 297 g/mol. The Kier molecular flexibility index (Phi) is 4.19. The lowest BCUT2D eigenvalue weighted by Crippen LogP contribution is -2.38. The number of aliphatic hydroxyl groups is 1. The molecule has 0 aliphatic carbocycles. The van der Waals surface area contributed by atoms with Gasteiger partial charge < -0.3 is 10.4 Å². The maximum Gasteiger partial charge on any atom is 0.253 e. The van der Waals surface area contributed by atoms with E-state index in [2.05, 4.69) is 10.3 Å². The number of nitrogens with zero attached hydrogens (tertiary/aromatic N) is 1. The minimum Gasteiger partial charge on any atom is -0.384 e. The first-order chi connectivity index (χ1) is 9.00. The van der Waals surface area contributed by atoms with E-state index < -0.39 is 5.60 Å². The van der Waals surface area contributed by atoms with Crippen molar-refractivity contribution in [2.45, 2.75) is 12.5 Å². The molecule has 1 amide bonds. The molecule has 0 saturated carbocycles. The van der Waals surface area contributed by atoms with Crippen LogP contribution in [0, 0.1) is 0 Å². The number of hydrogen-bond donors (Lipinski definition) is 2. The standard InChI is InChI=1S/C13H13ClN2O2S/c1-13(18,9-3-5-19-7-9)8-16-12(17)10-2-4-15-6-11(10)14/h2-7,18H,8H2,1H3,(H,16,17). The minimum absolute atomic E-state index is 0.112. The molecule has 2 rings (SSSR count). The normalized spacial score (nSPS) is 13.8. The summed E-state index contributed by atoms with van der Waals surface area (Å²) in [5.41, 5.74) is 0.0197. The third-order valence-electron chi connectivity index (χ3n) is 2.75. The second-order valence-electron chi connectivity index (χ2n) is 4.32. The summed E-state index contributed by atoms with van der Waals surface area (Å²) in [5.74, 6) is -0.331. The Bertz CT molecular complexity index is 570. The summed E-state index contributed by atoms with van der Waals surface area (Å²) in [7, 11) is 0. The SMILES string of the molecule is CC(O)(CNC(=O)c1ccncc1Cl)c1ccsc1. The number of pyridine rings is 1. The molecule has 0 fully saturated rings. The van der Waals surface area contributed by atoms with Crippen LogP contribution in [-0.2, 0) is 5.60 Å². The Balaban J connectivity index is 2.03. The molecule has 1 atom stereocenters. The number of nitrogens with one attached hydrogen (secondary N) is 1. The Morgan fingerprint density at radius 1 is 1.58 bits per heavy atom. The Morgan fingerprint density at radius 3 is 3.00 bits per heavy atom. The molecule has 2 heterocycles. The molecule has 2 aromatic heterocycles. The van der Waals surface area contributed by atoms with Crippen molar-refractivity contribution in [2.75, 3.05) is 6.54 Å². The van der Waals surface area contributed by atoms with Crippen LogP contribution in [-0.4, -0.2) is 22.5 Å². The van der Waals surface area contributed by atoms with Crippen LogP contribution in [0.4, 0.5) is 0 Å². The van der Waals surface area contributed by atoms with Crippen molar-refractivity contribution >= 4 is 28.8 Å². The maximum absolute atomic E-state index is 11.9. The fourth-order valence-corrected chi connectivity index (χ4v) is 2.57. The number of aromatic nitrogens is 1. The van der Waals surface area contributed by atoms with Gasteiger partial charge in [-0.3, -0.25) is 9.78 Å². The van der Waals surface area contributed by atoms with Crippen molar-refractivity contribution in [2.24, 2.45) is 0 Å². The van der Waals surface area contributed by atoms with E-state index in [4.69, 9.17) is 11.6 Å². The van der Waals surface area contributed by atoms with Gasteiger partial charge in [-0.15, -0.1) is 0 Å². The van der Waals surface area contributed by atoms with E-state index in [0.29, 0.717) is 5.56 Å². The number of thiophene rings is 1. The number of hydrogen-bond acceptors (Lipinski definition) is 4. The number of halogens is 1. The monoisotopic (exact) mass is 296 g/mol. The van der Waals surface area contributed by atoms with E-state index in [-0.39, 0.29) is 17.5 Å². The summed E-state index contributed by atoms with van der Waals surface area (Å²) < 4.78 is 0. The fourth-order valence-electron chi connectivity index (χ4n) is 1.58. The minimum atomic E-state index is -1.10. The largest absolute Gasteiger partial charge is 0.384 e. The zero-order valence-corrected chi connectivity index (χ0v) is 11.8. The third-order valence-corrected chi connectivity index (χ3v) is 3.74. The van der Waals surface area contributed by atoms with Gasteiger partial charge in [0, 0.05) is 12.4 Å². The first-order valence-corrected chi connectivity index (χ1v) is 6.95. The molecule has 2 N–H and O–H groups in total. The van der Waals surface area contributed by atoms with Crippen molar-refractivity contribution in [1.82, 2.24) is 10.3 Å². The summed E-state index contributed by atoms with van der Waals surface area (Å²) in [6, 6.07) is 3.37. The first-order valence-electron chi connectivity index (χ1n) is 5.63. The van der Waals surface area contributed by atoms with E-state index in [0.717, 1.165) is 5.56 Å². The molecule has 0 radical (unpaired) electrons. The molecule has 4 nitrogen and oxygen atoms in total. The zero-order valence-electron chi connectivity index (χ0n) is 10.3. The predicted molar refractivity (Wildman–Crippen MR) is 75.5 cm³/mol. The summed E-state index contributed by atoms with van der Waals surface area (Å²) in [6.07, 6.45) is 2.91. The van der Waals surface area contributed by atoms with E-state index in [9.17, 15) is 9.90 Å². The van der Waals surface area contributed by atoms with Crippen LogP contribution in [0.3, 0.4) is 0 Å². The molecule has 0 aromatic carbocycles. The van der Waals surface area contributed by atoms with Gasteiger partial charge >= 0.3 is 0 Å². The Labute approximate surface area is 120 Å². The highest BCUT2D eigenvalue weighted by molar-refractivity contribution is 7.08. The van der Waals surface area contributed by atoms with Crippen molar-refractivity contribution in [3.8, 4) is 0 Å². The van der Waals surface area contributed by atoms with Gasteiger partial charge in [-0.25, -0.2) is 0 Å². The van der Waals surface area contributed by atoms with Crippen molar-refractivity contribution in [3.05, 3.63) is 51.4 Å². The maximum atomic E-state index is 11.9. The van der Waals surface area contributed by atoms with Gasteiger partial charge in [0.1, 0.15) is 5.60 Å². The van der Waals surface area contributed by atoms with Gasteiger partial charge in [-0.2, -0.15) is 11.3 Å². The van der Waals surface area contributed by atoms with Gasteiger partial charge in [-0.05, 0) is 35.4 Å². The second kappa shape index (κ2) is 5.69. The lowest BCUT2D eigenvalue weighted by atomic mass is 9.99. The molecule has 0 aliphatic heterocycles. The summed E-state index contributed by atoms with van der Waals surface area (Å²) in [6.45, 7) is 1.77. The van der Waals surface area contributed by atoms with Gasteiger partial charge in [0.15, 0.2) is 0 Å². The predicted octanol–water partition coefficient (Wildman–Crippen LogP) is 2.43. The lowest BCUT2D eigenvalue weighted by molar-refractivity contribution is 0.0530. The van der Waals surface area contributed by atoms with E-state index >= 15 is 0 Å². The highest BCUT2D eigenvalue weighted by atomic mass is 35.5. The van der Waals surface area contributed by atoms with Gasteiger partial charge in [0.25, 0.3) is 5.91 Å². The smallest absolute Gasteiger partial charge is 0.253 e. The van der Waals surface area contributed by atoms with Crippen LogP contribution in [0.5, 0.6) is 0 Å². The average Bonchev–Trinajstić information content (AvgIpc) is 2.91. The number of amides is 1. The highest BCUT2D eigenvalue weighted by Crippen LogP contribution is 2.22. The van der Waals surface area contributed by atoms with Crippen LogP contribution in [0.1, 0.15) is 22.8 Å². The van der Waals surface area contributed by atoms with Crippen molar-refractivity contribution in [3.63, 3.8) is 0 Å². The highest BCUT2D eigenvalue weighted by Gasteiger charge is 2.24. The van der Waals surface area contributed by atoms with Crippen molar-refractivity contribution in [1.29, 1.82) is 0 Å². The van der Waals surface area contributed by atoms with Gasteiger partial charge in [0.05, 0.1) is 17.1 Å². The number of carbonyl (C=O) groups is 1. The third kappa shape index (κ3) is 3.32. The topological polar surface area (TPSA) is 62.2 Å². The molecule has 0 saturated heterocycles. The molecule has 100 valence electrons. The molecule has 6 heteroatoms. The second-order valence-corrected chi connectivity index (χ2v) is 5.51. The van der Waals surface area contributed by atoms with Crippen LogP contribution >= 0.6 is 22.9 Å². The summed E-state index contributed by atoms with van der Waals surface area (Å²) >= 11 is 7.38. The van der Waals surface area contributed by atoms with E-state index in [1.54, 1.807) is 6.92 Å². The molecule has 1 unspecified atom stereocenters. The summed E-state index contributed by atoms with van der Waals surface area (Å²) in [5, 5.41) is 17.0. The van der Waals surface area contributed by atoms with Crippen LogP contribution in [0.15, 0.2) is 35.3 Å². The fraction of sp³-hybridized carbons (Fsp3) is 0.231.